The van der Waals surface area contributed by atoms with E-state index in [9.17, 15) is 9.59 Å². The molecule has 0 bridgehead atoms. The predicted molar refractivity (Wildman–Crippen MR) is 56.1 cm³/mol. The van der Waals surface area contributed by atoms with E-state index in [4.69, 9.17) is 28.7 Å². The molecular weight excluding hydrogens is 257 g/mol. The van der Waals surface area contributed by atoms with Crippen molar-refractivity contribution >= 4 is 35.8 Å². The van der Waals surface area contributed by atoms with E-state index in [-0.39, 0.29) is 23.5 Å². The standard InChI is InChI=1S/C9H7Cl2NO4/c10-8-3-6(4-12(15)5-13)1-2-7(8)9(14)16-11/h1-3,5,15H,4H2. The first-order valence-corrected chi connectivity index (χ1v) is 4.79. The molecule has 7 heteroatoms. The average molecular weight is 264 g/mol. The summed E-state index contributed by atoms with van der Waals surface area (Å²) in [5.41, 5.74) is 0.668. The van der Waals surface area contributed by atoms with Crippen molar-refractivity contribution in [1.82, 2.24) is 5.06 Å². The highest BCUT2D eigenvalue weighted by atomic mass is 35.5. The van der Waals surface area contributed by atoms with E-state index in [0.717, 1.165) is 0 Å². The molecule has 0 radical (unpaired) electrons. The average Bonchev–Trinajstić information content (AvgIpc) is 2.28. The Morgan fingerprint density at radius 3 is 2.75 bits per heavy atom. The number of rotatable bonds is 4. The lowest BCUT2D eigenvalue weighted by molar-refractivity contribution is -0.152. The van der Waals surface area contributed by atoms with Gasteiger partial charge in [0, 0.05) is 0 Å². The number of benzene rings is 1. The zero-order valence-corrected chi connectivity index (χ0v) is 9.40. The van der Waals surface area contributed by atoms with Crippen LogP contribution in [-0.4, -0.2) is 22.6 Å². The Labute approximate surface area is 101 Å². The SMILES string of the molecule is O=CN(O)Cc1ccc(C(=O)OCl)c(Cl)c1. The van der Waals surface area contributed by atoms with Crippen LogP contribution in [0.25, 0.3) is 0 Å². The molecule has 0 unspecified atom stereocenters. The second kappa shape index (κ2) is 5.69. The molecule has 0 atom stereocenters. The second-order valence-electron chi connectivity index (χ2n) is 2.88. The zero-order valence-electron chi connectivity index (χ0n) is 7.89. The van der Waals surface area contributed by atoms with Gasteiger partial charge in [0.05, 0.1) is 17.1 Å². The summed E-state index contributed by atoms with van der Waals surface area (Å²) in [4.78, 5) is 21.2. The molecule has 1 rings (SSSR count). The Bertz CT molecular complexity index is 410. The quantitative estimate of drug-likeness (QED) is 0.513. The topological polar surface area (TPSA) is 66.8 Å². The van der Waals surface area contributed by atoms with Crippen LogP contribution in [0, 0.1) is 0 Å². The minimum atomic E-state index is -0.769. The molecule has 0 spiro atoms. The smallest absolute Gasteiger partial charge is 0.343 e. The molecule has 0 heterocycles. The van der Waals surface area contributed by atoms with Gasteiger partial charge >= 0.3 is 5.97 Å². The van der Waals surface area contributed by atoms with Crippen LogP contribution in [0.15, 0.2) is 18.2 Å². The van der Waals surface area contributed by atoms with Gasteiger partial charge in [-0.3, -0.25) is 10.0 Å². The molecule has 1 aromatic rings. The summed E-state index contributed by atoms with van der Waals surface area (Å²) in [6.07, 6.45) is 0.259. The summed E-state index contributed by atoms with van der Waals surface area (Å²) in [5.74, 6) is -0.769. The lowest BCUT2D eigenvalue weighted by atomic mass is 10.1. The Hall–Kier alpha value is -1.30. The van der Waals surface area contributed by atoms with E-state index in [0.29, 0.717) is 10.6 Å². The molecule has 0 aliphatic heterocycles. The summed E-state index contributed by atoms with van der Waals surface area (Å²) >= 11 is 10.7. The highest BCUT2D eigenvalue weighted by Crippen LogP contribution is 2.19. The molecule has 1 amide bonds. The molecule has 1 aromatic carbocycles. The molecule has 5 nitrogen and oxygen atoms in total. The second-order valence-corrected chi connectivity index (χ2v) is 3.44. The number of hydroxylamine groups is 2. The first-order chi connectivity index (χ1) is 7.58. The van der Waals surface area contributed by atoms with Crippen LogP contribution in [-0.2, 0) is 15.6 Å². The third kappa shape index (κ3) is 3.10. The van der Waals surface area contributed by atoms with E-state index < -0.39 is 5.97 Å². The Morgan fingerprint density at radius 2 is 2.25 bits per heavy atom. The Balaban J connectivity index is 2.90. The van der Waals surface area contributed by atoms with Gasteiger partial charge in [-0.2, -0.15) is 0 Å². The van der Waals surface area contributed by atoms with Crippen molar-refractivity contribution in [3.8, 4) is 0 Å². The van der Waals surface area contributed by atoms with Crippen molar-refractivity contribution in [3.63, 3.8) is 0 Å². The predicted octanol–water partition coefficient (Wildman–Crippen LogP) is 2.00. The highest BCUT2D eigenvalue weighted by molar-refractivity contribution is 6.34. The molecule has 0 saturated heterocycles. The van der Waals surface area contributed by atoms with E-state index >= 15 is 0 Å². The molecule has 16 heavy (non-hydrogen) atoms. The van der Waals surface area contributed by atoms with Crippen LogP contribution in [0.4, 0.5) is 0 Å². The lowest BCUT2D eigenvalue weighted by Gasteiger charge is -2.09. The van der Waals surface area contributed by atoms with Gasteiger partial charge in [-0.1, -0.05) is 17.7 Å². The first kappa shape index (κ1) is 12.8. The zero-order chi connectivity index (χ0) is 12.1. The largest absolute Gasteiger partial charge is 0.357 e. The van der Waals surface area contributed by atoms with Gasteiger partial charge in [-0.25, -0.2) is 9.86 Å². The van der Waals surface area contributed by atoms with Crippen LogP contribution in [0.1, 0.15) is 15.9 Å². The normalized spacial score (nSPS) is 9.69. The van der Waals surface area contributed by atoms with Crippen LogP contribution in [0.2, 0.25) is 5.02 Å². The molecule has 0 aromatic heterocycles. The fourth-order valence-corrected chi connectivity index (χ4v) is 1.45. The van der Waals surface area contributed by atoms with Gasteiger partial charge in [0.2, 0.25) is 6.41 Å². The van der Waals surface area contributed by atoms with Crippen LogP contribution in [0.5, 0.6) is 0 Å². The van der Waals surface area contributed by atoms with Crippen LogP contribution < -0.4 is 0 Å². The number of nitrogens with zero attached hydrogens (tertiary/aromatic N) is 1. The minimum absolute atomic E-state index is 0.0284. The number of halogens is 2. The summed E-state index contributed by atoms with van der Waals surface area (Å²) in [7, 11) is 0. The van der Waals surface area contributed by atoms with Gasteiger partial charge in [0.1, 0.15) is 11.9 Å². The van der Waals surface area contributed by atoms with Gasteiger partial charge in [-0.15, -0.1) is 0 Å². The summed E-state index contributed by atoms with van der Waals surface area (Å²) in [5, 5.41) is 9.51. The third-order valence-corrected chi connectivity index (χ3v) is 2.24. The summed E-state index contributed by atoms with van der Waals surface area (Å²) < 4.78 is 3.99. The van der Waals surface area contributed by atoms with Crippen molar-refractivity contribution in [2.45, 2.75) is 6.54 Å². The molecule has 1 N–H and O–H groups in total. The molecule has 0 saturated carbocycles. The molecule has 0 aliphatic rings. The van der Waals surface area contributed by atoms with Crippen molar-refractivity contribution in [1.29, 1.82) is 0 Å². The molecule has 0 aliphatic carbocycles. The first-order valence-electron chi connectivity index (χ1n) is 4.10. The van der Waals surface area contributed by atoms with Gasteiger partial charge in [0.15, 0.2) is 0 Å². The van der Waals surface area contributed by atoms with Crippen molar-refractivity contribution in [2.75, 3.05) is 0 Å². The maximum Gasteiger partial charge on any atom is 0.357 e. The summed E-state index contributed by atoms with van der Waals surface area (Å²) in [6, 6.07) is 4.33. The Kier molecular flexibility index (Phi) is 4.54. The maximum atomic E-state index is 11.1. The fourth-order valence-electron chi connectivity index (χ4n) is 1.09. The van der Waals surface area contributed by atoms with E-state index in [1.165, 1.54) is 18.2 Å². The van der Waals surface area contributed by atoms with Gasteiger partial charge in [-0.05, 0) is 17.7 Å². The van der Waals surface area contributed by atoms with E-state index in [1.54, 1.807) is 0 Å². The Morgan fingerprint density at radius 1 is 1.56 bits per heavy atom. The number of hydrogen-bond donors (Lipinski definition) is 1. The molecular formula is C9H7Cl2NO4. The van der Waals surface area contributed by atoms with Gasteiger partial charge in [0.25, 0.3) is 0 Å². The monoisotopic (exact) mass is 263 g/mol. The van der Waals surface area contributed by atoms with Crippen molar-refractivity contribution in [3.05, 3.63) is 34.3 Å². The van der Waals surface area contributed by atoms with Gasteiger partial charge < -0.3 is 4.29 Å². The van der Waals surface area contributed by atoms with Crippen molar-refractivity contribution in [2.24, 2.45) is 0 Å². The fraction of sp³-hybridized carbons (Fsp3) is 0.111. The third-order valence-electron chi connectivity index (χ3n) is 1.79. The van der Waals surface area contributed by atoms with E-state index in [1.807, 2.05) is 0 Å². The number of amides is 1. The highest BCUT2D eigenvalue weighted by Gasteiger charge is 2.12. The molecule has 86 valence electrons. The van der Waals surface area contributed by atoms with Crippen LogP contribution in [0.3, 0.4) is 0 Å². The van der Waals surface area contributed by atoms with E-state index in [2.05, 4.69) is 4.29 Å². The number of carbonyl (C=O) groups is 2. The van der Waals surface area contributed by atoms with Crippen molar-refractivity contribution < 1.29 is 19.1 Å². The summed E-state index contributed by atoms with van der Waals surface area (Å²) in [6.45, 7) is -0.0284. The van der Waals surface area contributed by atoms with Crippen LogP contribution >= 0.6 is 23.5 Å². The minimum Gasteiger partial charge on any atom is -0.343 e. The number of hydrogen-bond acceptors (Lipinski definition) is 4. The lowest BCUT2D eigenvalue weighted by Crippen LogP contribution is -2.16. The molecule has 0 fully saturated rings. The maximum absolute atomic E-state index is 11.1. The number of carbonyl (C=O) groups excluding carboxylic acids is 2.